The van der Waals surface area contributed by atoms with Gasteiger partial charge in [-0.05, 0) is 77.8 Å². The van der Waals surface area contributed by atoms with Crippen molar-refractivity contribution in [1.29, 1.82) is 5.26 Å². The minimum absolute atomic E-state index is 0.290. The van der Waals surface area contributed by atoms with E-state index < -0.39 is 17.2 Å². The quantitative estimate of drug-likeness (QED) is 0.194. The maximum atomic E-state index is 14.0. The zero-order valence-electron chi connectivity index (χ0n) is 22.4. The van der Waals surface area contributed by atoms with Crippen LogP contribution in [0, 0.1) is 40.7 Å². The Morgan fingerprint density at radius 2 is 1.26 bits per heavy atom. The minimum atomic E-state index is -0.862. The van der Waals surface area contributed by atoms with Crippen LogP contribution in [-0.2, 0) is 0 Å². The summed E-state index contributed by atoms with van der Waals surface area (Å²) in [6, 6.07) is 19.7. The molecule has 0 saturated heterocycles. The van der Waals surface area contributed by atoms with E-state index in [9.17, 15) is 8.78 Å². The lowest BCUT2D eigenvalue weighted by Gasteiger charge is -2.26. The van der Waals surface area contributed by atoms with Crippen molar-refractivity contribution in [2.24, 2.45) is 5.92 Å². The van der Waals surface area contributed by atoms with Gasteiger partial charge in [0.1, 0.15) is 23.3 Å². The molecule has 38 heavy (non-hydrogen) atoms. The Morgan fingerprint density at radius 1 is 0.737 bits per heavy atom. The van der Waals surface area contributed by atoms with Crippen LogP contribution in [0.1, 0.15) is 93.4 Å². The van der Waals surface area contributed by atoms with Crippen molar-refractivity contribution in [3.8, 4) is 29.0 Å². The lowest BCUT2D eigenvalue weighted by molar-refractivity contribution is 0.281. The van der Waals surface area contributed by atoms with Crippen molar-refractivity contribution in [2.75, 3.05) is 6.61 Å². The fraction of sp³-hybridized carbons (Fsp3) is 0.382. The SMILES string of the molecule is CCC(CC)C(CCCCCCCO)c1ccc(C#Cc2ccc(-c3cc(F)c(C#N)c(F)c3)cc2)cc1. The molecule has 0 saturated carbocycles. The van der Waals surface area contributed by atoms with Gasteiger partial charge in [0, 0.05) is 17.7 Å². The van der Waals surface area contributed by atoms with Crippen LogP contribution in [0.5, 0.6) is 0 Å². The van der Waals surface area contributed by atoms with Crippen molar-refractivity contribution < 1.29 is 13.9 Å². The van der Waals surface area contributed by atoms with E-state index in [2.05, 4.69) is 50.0 Å². The fourth-order valence-electron chi connectivity index (χ4n) is 5.09. The third-order valence-corrected chi connectivity index (χ3v) is 7.35. The number of hydrogen-bond acceptors (Lipinski definition) is 2. The summed E-state index contributed by atoms with van der Waals surface area (Å²) in [5.74, 6) is 5.89. The zero-order chi connectivity index (χ0) is 27.3. The Bertz CT molecular complexity index is 1240. The highest BCUT2D eigenvalue weighted by Crippen LogP contribution is 2.34. The summed E-state index contributed by atoms with van der Waals surface area (Å²) >= 11 is 0. The van der Waals surface area contributed by atoms with Gasteiger partial charge >= 0.3 is 0 Å². The van der Waals surface area contributed by atoms with E-state index in [1.165, 1.54) is 56.2 Å². The third kappa shape index (κ3) is 8.01. The van der Waals surface area contributed by atoms with Crippen molar-refractivity contribution in [3.05, 3.63) is 94.6 Å². The fourth-order valence-corrected chi connectivity index (χ4v) is 5.09. The molecule has 0 spiro atoms. The highest BCUT2D eigenvalue weighted by Gasteiger charge is 2.20. The van der Waals surface area contributed by atoms with Crippen molar-refractivity contribution in [2.45, 2.75) is 71.1 Å². The Balaban J connectivity index is 1.68. The lowest BCUT2D eigenvalue weighted by atomic mass is 9.79. The van der Waals surface area contributed by atoms with Crippen molar-refractivity contribution in [3.63, 3.8) is 0 Å². The Kier molecular flexibility index (Phi) is 11.5. The molecular formula is C34H37F2NO. The van der Waals surface area contributed by atoms with E-state index >= 15 is 0 Å². The zero-order valence-corrected chi connectivity index (χ0v) is 22.4. The smallest absolute Gasteiger partial charge is 0.144 e. The van der Waals surface area contributed by atoms with Crippen LogP contribution in [0.15, 0.2) is 60.7 Å². The molecule has 0 heterocycles. The summed E-state index contributed by atoms with van der Waals surface area (Å²) in [6.07, 6.45) is 9.16. The number of aliphatic hydroxyl groups is 1. The van der Waals surface area contributed by atoms with Gasteiger partial charge in [0.2, 0.25) is 0 Å². The first kappa shape index (κ1) is 29.1. The second-order valence-corrected chi connectivity index (χ2v) is 9.84. The summed E-state index contributed by atoms with van der Waals surface area (Å²) < 4.78 is 27.9. The van der Waals surface area contributed by atoms with Gasteiger partial charge in [-0.3, -0.25) is 0 Å². The molecule has 4 heteroatoms. The van der Waals surface area contributed by atoms with Crippen LogP contribution in [0.4, 0.5) is 8.78 Å². The molecule has 0 aromatic heterocycles. The predicted octanol–water partition coefficient (Wildman–Crippen LogP) is 8.76. The molecule has 0 amide bonds. The van der Waals surface area contributed by atoms with Gasteiger partial charge in [-0.25, -0.2) is 8.78 Å². The number of rotatable bonds is 12. The van der Waals surface area contributed by atoms with Crippen molar-refractivity contribution in [1.82, 2.24) is 0 Å². The number of hydrogen-bond donors (Lipinski definition) is 1. The first-order valence-corrected chi connectivity index (χ1v) is 13.7. The molecule has 1 unspecified atom stereocenters. The highest BCUT2D eigenvalue weighted by molar-refractivity contribution is 5.66. The van der Waals surface area contributed by atoms with Gasteiger partial charge in [-0.1, -0.05) is 88.5 Å². The molecule has 1 atom stereocenters. The number of halogens is 2. The average Bonchev–Trinajstić information content (AvgIpc) is 2.94. The van der Waals surface area contributed by atoms with E-state index in [-0.39, 0.29) is 6.61 Å². The molecule has 2 nitrogen and oxygen atoms in total. The van der Waals surface area contributed by atoms with E-state index in [1.54, 1.807) is 18.2 Å². The van der Waals surface area contributed by atoms with E-state index in [0.717, 1.165) is 24.0 Å². The molecule has 0 aliphatic carbocycles. The molecule has 1 N–H and O–H groups in total. The maximum absolute atomic E-state index is 14.0. The van der Waals surface area contributed by atoms with Crippen LogP contribution in [0.25, 0.3) is 11.1 Å². The normalized spacial score (nSPS) is 11.6. The van der Waals surface area contributed by atoms with Crippen molar-refractivity contribution >= 4 is 0 Å². The number of aliphatic hydroxyl groups excluding tert-OH is 1. The molecule has 198 valence electrons. The standard InChI is InChI=1S/C34H37F2NO/c1-3-27(4-2)31(10-8-6-5-7-9-21-38)29-19-15-26(16-20-29)12-11-25-13-17-28(18-14-25)30-22-33(35)32(24-37)34(36)23-30/h13-20,22-23,27,31,38H,3-10,21H2,1-2H3. The number of benzene rings is 3. The van der Waals surface area contributed by atoms with Crippen LogP contribution in [0.3, 0.4) is 0 Å². The van der Waals surface area contributed by atoms with E-state index in [4.69, 9.17) is 10.4 Å². The number of nitrogens with zero attached hydrogens (tertiary/aromatic N) is 1. The molecule has 0 fully saturated rings. The Labute approximate surface area is 226 Å². The summed E-state index contributed by atoms with van der Waals surface area (Å²) in [6.45, 7) is 4.85. The second kappa shape index (κ2) is 15.1. The van der Waals surface area contributed by atoms with Gasteiger partial charge < -0.3 is 5.11 Å². The van der Waals surface area contributed by atoms with Gasteiger partial charge in [0.15, 0.2) is 0 Å². The first-order chi connectivity index (χ1) is 18.5. The van der Waals surface area contributed by atoms with Crippen LogP contribution in [-0.4, -0.2) is 11.7 Å². The molecular weight excluding hydrogens is 476 g/mol. The van der Waals surface area contributed by atoms with E-state index in [0.29, 0.717) is 23.0 Å². The van der Waals surface area contributed by atoms with Crippen LogP contribution >= 0.6 is 0 Å². The number of unbranched alkanes of at least 4 members (excludes halogenated alkanes) is 4. The summed E-state index contributed by atoms with van der Waals surface area (Å²) in [4.78, 5) is 0. The molecule has 3 aromatic rings. The average molecular weight is 514 g/mol. The highest BCUT2D eigenvalue weighted by atomic mass is 19.1. The molecule has 3 rings (SSSR count). The van der Waals surface area contributed by atoms with Gasteiger partial charge in [-0.2, -0.15) is 5.26 Å². The number of nitriles is 1. The summed E-state index contributed by atoms with van der Waals surface area (Å²) in [7, 11) is 0. The maximum Gasteiger partial charge on any atom is 0.144 e. The van der Waals surface area contributed by atoms with Gasteiger partial charge in [0.05, 0.1) is 0 Å². The summed E-state index contributed by atoms with van der Waals surface area (Å²) in [5, 5.41) is 17.8. The van der Waals surface area contributed by atoms with Gasteiger partial charge in [0.25, 0.3) is 0 Å². The van der Waals surface area contributed by atoms with E-state index in [1.807, 2.05) is 12.1 Å². The Hall–Kier alpha value is -3.47. The predicted molar refractivity (Wildman–Crippen MR) is 151 cm³/mol. The second-order valence-electron chi connectivity index (χ2n) is 9.84. The van der Waals surface area contributed by atoms with Gasteiger partial charge in [-0.15, -0.1) is 0 Å². The largest absolute Gasteiger partial charge is 0.396 e. The minimum Gasteiger partial charge on any atom is -0.396 e. The third-order valence-electron chi connectivity index (χ3n) is 7.35. The molecule has 0 radical (unpaired) electrons. The van der Waals surface area contributed by atoms with Crippen LogP contribution < -0.4 is 0 Å². The molecule has 0 bridgehead atoms. The Morgan fingerprint density at radius 3 is 1.79 bits per heavy atom. The van der Waals surface area contributed by atoms with Crippen LogP contribution in [0.2, 0.25) is 0 Å². The monoisotopic (exact) mass is 513 g/mol. The first-order valence-electron chi connectivity index (χ1n) is 13.7. The molecule has 0 aliphatic rings. The summed E-state index contributed by atoms with van der Waals surface area (Å²) in [5.41, 5.74) is 3.60. The molecule has 0 aliphatic heterocycles. The topological polar surface area (TPSA) is 44.0 Å². The lowest BCUT2D eigenvalue weighted by Crippen LogP contribution is -2.12. The molecule has 3 aromatic carbocycles.